The summed E-state index contributed by atoms with van der Waals surface area (Å²) in [6, 6.07) is 0. The first-order valence-electron chi connectivity index (χ1n) is 16.7. The molecule has 0 fully saturated rings. The Hall–Kier alpha value is 2.05. The molecule has 0 heterocycles. The predicted octanol–water partition coefficient (Wildman–Crippen LogP) is -6.94. The maximum absolute atomic E-state index is 10.5. The molecule has 0 unspecified atom stereocenters. The van der Waals surface area contributed by atoms with Crippen LogP contribution in [0.25, 0.3) is 0 Å². The zero-order valence-corrected chi connectivity index (χ0v) is 45.8. The van der Waals surface area contributed by atoms with Gasteiger partial charge in [0.15, 0.2) is 0 Å². The zero-order chi connectivity index (χ0) is 40.8. The van der Waals surface area contributed by atoms with Gasteiger partial charge in [-0.1, -0.05) is 111 Å². The molecule has 0 rings (SSSR count). The summed E-state index contributed by atoms with van der Waals surface area (Å²) in [5.41, 5.74) is 0. The maximum Gasteiger partial charge on any atom is 4.00 e. The number of hydrogen-bond acceptors (Lipinski definition) is 14. The van der Waals surface area contributed by atoms with Crippen LogP contribution in [0.3, 0.4) is 0 Å². The van der Waals surface area contributed by atoms with Gasteiger partial charge in [-0.3, -0.25) is 0 Å². The van der Waals surface area contributed by atoms with Crippen LogP contribution in [0.1, 0.15) is 111 Å². The van der Waals surface area contributed by atoms with Crippen LogP contribution in [0.15, 0.2) is 0 Å². The smallest absolute Gasteiger partial charge is 0.854 e. The van der Waals surface area contributed by atoms with Crippen molar-refractivity contribution in [2.75, 3.05) is 65.7 Å². The molecular weight excluding hydrogens is 1160 g/mol. The molecule has 0 saturated carbocycles. The average molecular weight is 1240 g/mol. The van der Waals surface area contributed by atoms with Crippen molar-refractivity contribution in [1.29, 1.82) is 0 Å². The molecule has 0 amide bonds. The second-order valence-electron chi connectivity index (χ2n) is 11.9. The van der Waals surface area contributed by atoms with Crippen LogP contribution in [0.2, 0.25) is 0 Å². The van der Waals surface area contributed by atoms with Crippen molar-refractivity contribution in [3.63, 3.8) is 0 Å². The summed E-state index contributed by atoms with van der Waals surface area (Å²) in [6.07, 6.45) is -3.33. The van der Waals surface area contributed by atoms with Crippen molar-refractivity contribution in [2.24, 2.45) is 0 Å². The van der Waals surface area contributed by atoms with Gasteiger partial charge < -0.3 is 71.1 Å². The third-order valence-electron chi connectivity index (χ3n) is 2.36. The Kier molecular flexibility index (Phi) is 128. The van der Waals surface area contributed by atoms with Gasteiger partial charge in [-0.05, 0) is 26.2 Å². The summed E-state index contributed by atoms with van der Waals surface area (Å²) in [5, 5.41) is 118. The summed E-state index contributed by atoms with van der Waals surface area (Å²) >= 11 is 0. The van der Waals surface area contributed by atoms with E-state index in [0.29, 0.717) is 39.3 Å². The van der Waals surface area contributed by atoms with E-state index < -0.39 is 48.8 Å². The molecule has 17 heteroatoms. The minimum Gasteiger partial charge on any atom is -0.854 e. The Labute approximate surface area is 371 Å². The second kappa shape index (κ2) is 76.7. The molecule has 0 aromatic rings. The van der Waals surface area contributed by atoms with E-state index in [0.717, 1.165) is 0 Å². The van der Waals surface area contributed by atoms with Crippen LogP contribution in [0.5, 0.6) is 0 Å². The molecular formula is C34H76Hf3N2O12. The van der Waals surface area contributed by atoms with Crippen molar-refractivity contribution in [1.82, 2.24) is 9.80 Å². The standard InChI is InChI=1S/C10H20N2O4.8C3H7O.3Hf/c13-7-3-11(4-8-14)1-2-12(5-9-15)6-10-16;8*1-3(2)4;;;/h1-10H2;8*3H,1-2H3;;;/q-4;8*-1;3*+4. The van der Waals surface area contributed by atoms with Gasteiger partial charge in [0, 0.05) is 13.1 Å². The Balaban J connectivity index is -0.0000000366. The van der Waals surface area contributed by atoms with Gasteiger partial charge in [-0.15, -0.1) is 75.3 Å². The molecule has 0 aliphatic heterocycles. The van der Waals surface area contributed by atoms with E-state index in [1.807, 2.05) is 0 Å². The van der Waals surface area contributed by atoms with Crippen LogP contribution in [-0.2, 0) is 77.5 Å². The fourth-order valence-electron chi connectivity index (χ4n) is 1.47. The van der Waals surface area contributed by atoms with E-state index in [1.54, 1.807) is 121 Å². The fraction of sp³-hybridized carbons (Fsp3) is 1.00. The SMILES string of the molecule is CC(C)[O-].CC(C)[O-].CC(C)[O-].CC(C)[O-].CC(C)[O-].CC(C)[O-].CC(C)[O-].CC(C)[O-].[Hf+4].[Hf+4].[Hf+4].[O-]CCN(CC[O-])CCN(CC[O-])CC[O-]. The molecule has 0 aliphatic rings. The van der Waals surface area contributed by atoms with Crippen molar-refractivity contribution in [2.45, 2.75) is 160 Å². The maximum atomic E-state index is 10.5. The van der Waals surface area contributed by atoms with Crippen molar-refractivity contribution < 1.29 is 139 Å². The number of hydrogen-bond donors (Lipinski definition) is 0. The first-order valence-corrected chi connectivity index (χ1v) is 16.7. The molecule has 0 spiro atoms. The molecule has 0 aliphatic carbocycles. The Bertz CT molecular complexity index is 354. The first-order chi connectivity index (χ1) is 21.6. The molecule has 0 aromatic carbocycles. The number of nitrogens with zero attached hydrogens (tertiary/aromatic N) is 2. The molecule has 0 bridgehead atoms. The van der Waals surface area contributed by atoms with Gasteiger partial charge in [0.05, 0.1) is 0 Å². The van der Waals surface area contributed by atoms with Gasteiger partial charge >= 0.3 is 77.5 Å². The summed E-state index contributed by atoms with van der Waals surface area (Å²) in [4.78, 5) is 3.56. The van der Waals surface area contributed by atoms with Crippen LogP contribution >= 0.6 is 0 Å². The summed E-state index contributed by atoms with van der Waals surface area (Å²) in [5.74, 6) is 0. The van der Waals surface area contributed by atoms with Gasteiger partial charge in [0.1, 0.15) is 0 Å². The van der Waals surface area contributed by atoms with Crippen molar-refractivity contribution >= 4 is 0 Å². The molecule has 0 N–H and O–H groups in total. The minimum absolute atomic E-state index is 0. The fourth-order valence-corrected chi connectivity index (χ4v) is 1.47. The molecule has 0 atom stereocenters. The van der Waals surface area contributed by atoms with E-state index in [1.165, 1.54) is 0 Å². The summed E-state index contributed by atoms with van der Waals surface area (Å²) in [6.45, 7) is 27.4. The largest absolute Gasteiger partial charge is 4.00 e. The van der Waals surface area contributed by atoms with Crippen molar-refractivity contribution in [3.05, 3.63) is 0 Å². The third kappa shape index (κ3) is 359. The van der Waals surface area contributed by atoms with E-state index in [9.17, 15) is 61.3 Å². The van der Waals surface area contributed by atoms with E-state index in [4.69, 9.17) is 0 Å². The van der Waals surface area contributed by atoms with Gasteiger partial charge in [0.2, 0.25) is 0 Å². The molecule has 0 saturated heterocycles. The first kappa shape index (κ1) is 85.3. The number of rotatable bonds is 11. The monoisotopic (exact) mass is 1240 g/mol. The van der Waals surface area contributed by atoms with Gasteiger partial charge in [-0.25, -0.2) is 0 Å². The van der Waals surface area contributed by atoms with Crippen molar-refractivity contribution in [3.8, 4) is 0 Å². The van der Waals surface area contributed by atoms with Crippen LogP contribution in [0, 0.1) is 0 Å². The van der Waals surface area contributed by atoms with Gasteiger partial charge in [-0.2, -0.15) is 0 Å². The minimum atomic E-state index is -0.417. The van der Waals surface area contributed by atoms with E-state index >= 15 is 0 Å². The summed E-state index contributed by atoms with van der Waals surface area (Å²) < 4.78 is 0. The van der Waals surface area contributed by atoms with Crippen LogP contribution in [-0.4, -0.2) is 124 Å². The van der Waals surface area contributed by atoms with Crippen LogP contribution < -0.4 is 61.3 Å². The average Bonchev–Trinajstić information content (AvgIpc) is 2.80. The Morgan fingerprint density at radius 1 is 0.255 bits per heavy atom. The quantitative estimate of drug-likeness (QED) is 0.174. The normalized spacial score (nSPS) is 9.29. The third-order valence-corrected chi connectivity index (χ3v) is 2.36. The van der Waals surface area contributed by atoms with Crippen LogP contribution in [0.4, 0.5) is 0 Å². The second-order valence-corrected chi connectivity index (χ2v) is 11.9. The molecule has 306 valence electrons. The predicted molar refractivity (Wildman–Crippen MR) is 173 cm³/mol. The summed E-state index contributed by atoms with van der Waals surface area (Å²) in [7, 11) is 0. The van der Waals surface area contributed by atoms with Gasteiger partial charge in [0.25, 0.3) is 0 Å². The van der Waals surface area contributed by atoms with E-state index in [-0.39, 0.29) is 104 Å². The molecule has 14 nitrogen and oxygen atoms in total. The van der Waals surface area contributed by atoms with E-state index in [2.05, 4.69) is 0 Å². The topological polar surface area (TPSA) is 283 Å². The Morgan fingerprint density at radius 2 is 0.333 bits per heavy atom. The zero-order valence-electron chi connectivity index (χ0n) is 35.0. The Morgan fingerprint density at radius 3 is 0.392 bits per heavy atom. The molecule has 0 aromatic heterocycles. The molecule has 0 radical (unpaired) electrons. The molecule has 51 heavy (non-hydrogen) atoms.